The van der Waals surface area contributed by atoms with Crippen molar-refractivity contribution < 1.29 is 28.6 Å². The lowest BCUT2D eigenvalue weighted by Crippen LogP contribution is -2.30. The maximum atomic E-state index is 12.9. The molecular formula is C77H126O6. The highest BCUT2D eigenvalue weighted by Gasteiger charge is 2.19. The van der Waals surface area contributed by atoms with E-state index in [1.807, 2.05) is 0 Å². The molecule has 0 radical (unpaired) electrons. The Hall–Kier alpha value is -4.71. The number of esters is 3. The molecule has 0 saturated heterocycles. The van der Waals surface area contributed by atoms with E-state index in [-0.39, 0.29) is 31.1 Å². The molecule has 0 aromatic heterocycles. The van der Waals surface area contributed by atoms with Crippen LogP contribution in [0.2, 0.25) is 0 Å². The normalized spacial score (nSPS) is 13.0. The van der Waals surface area contributed by atoms with Gasteiger partial charge in [0.25, 0.3) is 0 Å². The van der Waals surface area contributed by atoms with Crippen molar-refractivity contribution in [3.05, 3.63) is 146 Å². The van der Waals surface area contributed by atoms with Gasteiger partial charge >= 0.3 is 17.9 Å². The fourth-order valence-electron chi connectivity index (χ4n) is 9.23. The first kappa shape index (κ1) is 78.3. The smallest absolute Gasteiger partial charge is 0.306 e. The predicted molar refractivity (Wildman–Crippen MR) is 362 cm³/mol. The van der Waals surface area contributed by atoms with Crippen LogP contribution in [0, 0.1) is 0 Å². The van der Waals surface area contributed by atoms with Gasteiger partial charge in [-0.25, -0.2) is 0 Å². The largest absolute Gasteiger partial charge is 0.462 e. The van der Waals surface area contributed by atoms with Gasteiger partial charge in [-0.15, -0.1) is 0 Å². The minimum atomic E-state index is -0.800. The molecule has 470 valence electrons. The quantitative estimate of drug-likeness (QED) is 0.0261. The molecule has 0 bridgehead atoms. The zero-order chi connectivity index (χ0) is 59.9. The standard InChI is InChI=1S/C77H126O6/c1-4-7-10-13-16-19-22-25-27-29-31-32-33-34-35-36-37-38-39-40-41-42-43-44-46-47-49-52-55-58-61-64-67-70-76(79)82-73-74(72-81-75(78)69-66-63-60-57-54-51-24-21-18-15-12-9-6-3)83-77(80)71-68-65-62-59-56-53-50-48-45-30-28-26-23-20-17-14-11-8-5-2/h7,9-10,12,16-21,25-28,31-32,34-35,37-38,40-41,51,54,74H,4-6,8,11,13-15,22-24,29-30,33,36,39,42-50,52-53,55-73H2,1-3H3/b10-7-,12-9-,19-16-,20-17-,21-18-,27-25-,28-26-,32-31-,35-34-,38-37-,41-40-,54-51-. The minimum absolute atomic E-state index is 0.0938. The predicted octanol–water partition coefficient (Wildman–Crippen LogP) is 23.9. The number of hydrogen-bond donors (Lipinski definition) is 0. The number of carbonyl (C=O) groups is 3. The summed E-state index contributed by atoms with van der Waals surface area (Å²) >= 11 is 0. The fraction of sp³-hybridized carbons (Fsp3) is 0.649. The topological polar surface area (TPSA) is 78.9 Å². The number of carbonyl (C=O) groups excluding carboxylic acids is 3. The first-order valence-electron chi connectivity index (χ1n) is 34.3. The number of allylic oxidation sites excluding steroid dienone is 24. The molecule has 0 fully saturated rings. The Labute approximate surface area is 512 Å². The zero-order valence-corrected chi connectivity index (χ0v) is 53.9. The average molecular weight is 1150 g/mol. The molecule has 0 aliphatic carbocycles. The van der Waals surface area contributed by atoms with Crippen LogP contribution in [0.1, 0.15) is 303 Å². The third-order valence-electron chi connectivity index (χ3n) is 14.3. The van der Waals surface area contributed by atoms with E-state index in [1.165, 1.54) is 128 Å². The molecule has 0 aromatic rings. The van der Waals surface area contributed by atoms with E-state index in [0.29, 0.717) is 19.3 Å². The highest BCUT2D eigenvalue weighted by atomic mass is 16.6. The van der Waals surface area contributed by atoms with Crippen LogP contribution >= 0.6 is 0 Å². The maximum absolute atomic E-state index is 12.9. The lowest BCUT2D eigenvalue weighted by Gasteiger charge is -2.18. The summed E-state index contributed by atoms with van der Waals surface area (Å²) in [6.45, 7) is 6.37. The molecule has 0 amide bonds. The molecule has 1 unspecified atom stereocenters. The van der Waals surface area contributed by atoms with Crippen molar-refractivity contribution in [1.82, 2.24) is 0 Å². The van der Waals surface area contributed by atoms with E-state index >= 15 is 0 Å². The first-order valence-corrected chi connectivity index (χ1v) is 34.3. The van der Waals surface area contributed by atoms with E-state index in [0.717, 1.165) is 135 Å². The molecule has 0 rings (SSSR count). The molecule has 0 N–H and O–H groups in total. The molecule has 83 heavy (non-hydrogen) atoms. The van der Waals surface area contributed by atoms with Crippen LogP contribution < -0.4 is 0 Å². The summed E-state index contributed by atoms with van der Waals surface area (Å²) < 4.78 is 16.9. The molecule has 0 saturated carbocycles. The first-order chi connectivity index (χ1) is 41.0. The van der Waals surface area contributed by atoms with Crippen molar-refractivity contribution in [3.63, 3.8) is 0 Å². The minimum Gasteiger partial charge on any atom is -0.462 e. The van der Waals surface area contributed by atoms with Crippen LogP contribution in [0.5, 0.6) is 0 Å². The van der Waals surface area contributed by atoms with Crippen LogP contribution in [0.3, 0.4) is 0 Å². The Balaban J connectivity index is 4.28. The SMILES string of the molecule is CC/C=C\C/C=C\C/C=C\C/C=C\C/C=C\C/C=C\C/C=C\CCCCCCCCCCCCCC(=O)OCC(COC(=O)CCCCC/C=C\C/C=C\C/C=C\CC)OC(=O)CCCCCCCCCCC/C=C\C/C=C\CCCCC. The third-order valence-corrected chi connectivity index (χ3v) is 14.3. The lowest BCUT2D eigenvalue weighted by atomic mass is 10.0. The average Bonchev–Trinajstić information content (AvgIpc) is 3.49. The number of rotatable bonds is 61. The van der Waals surface area contributed by atoms with Gasteiger partial charge in [-0.05, 0) is 141 Å². The van der Waals surface area contributed by atoms with Gasteiger partial charge in [-0.3, -0.25) is 14.4 Å². The Morgan fingerprint density at radius 2 is 0.470 bits per heavy atom. The van der Waals surface area contributed by atoms with Crippen molar-refractivity contribution in [2.24, 2.45) is 0 Å². The summed E-state index contributed by atoms with van der Waals surface area (Å²) in [4.78, 5) is 38.4. The van der Waals surface area contributed by atoms with Gasteiger partial charge in [0.15, 0.2) is 6.10 Å². The second-order valence-corrected chi connectivity index (χ2v) is 22.3. The summed E-state index contributed by atoms with van der Waals surface area (Å²) in [5, 5.41) is 0. The van der Waals surface area contributed by atoms with Gasteiger partial charge in [-0.2, -0.15) is 0 Å². The van der Waals surface area contributed by atoms with Crippen molar-refractivity contribution in [1.29, 1.82) is 0 Å². The van der Waals surface area contributed by atoms with Gasteiger partial charge in [-0.1, -0.05) is 289 Å². The molecule has 0 aromatic carbocycles. The van der Waals surface area contributed by atoms with Crippen molar-refractivity contribution in [2.75, 3.05) is 13.2 Å². The van der Waals surface area contributed by atoms with E-state index in [2.05, 4.69) is 167 Å². The van der Waals surface area contributed by atoms with Gasteiger partial charge in [0.2, 0.25) is 0 Å². The second-order valence-electron chi connectivity index (χ2n) is 22.3. The van der Waals surface area contributed by atoms with Crippen LogP contribution in [0.25, 0.3) is 0 Å². The van der Waals surface area contributed by atoms with Crippen molar-refractivity contribution in [2.45, 2.75) is 309 Å². The Bertz CT molecular complexity index is 1800. The Kier molecular flexibility index (Phi) is 65.8. The molecule has 0 aliphatic heterocycles. The van der Waals surface area contributed by atoms with Crippen LogP contribution in [-0.2, 0) is 28.6 Å². The van der Waals surface area contributed by atoms with Crippen LogP contribution in [-0.4, -0.2) is 37.2 Å². The van der Waals surface area contributed by atoms with Gasteiger partial charge in [0, 0.05) is 19.3 Å². The maximum Gasteiger partial charge on any atom is 0.306 e. The third kappa shape index (κ3) is 68.0. The monoisotopic (exact) mass is 1150 g/mol. The van der Waals surface area contributed by atoms with Gasteiger partial charge < -0.3 is 14.2 Å². The Morgan fingerprint density at radius 1 is 0.253 bits per heavy atom. The number of unbranched alkanes of at least 4 members (excludes halogenated alkanes) is 26. The van der Waals surface area contributed by atoms with Gasteiger partial charge in [0.05, 0.1) is 0 Å². The summed E-state index contributed by atoms with van der Waals surface area (Å²) in [7, 11) is 0. The molecule has 0 spiro atoms. The van der Waals surface area contributed by atoms with Crippen molar-refractivity contribution in [3.8, 4) is 0 Å². The molecule has 6 heteroatoms. The van der Waals surface area contributed by atoms with Crippen LogP contribution in [0.15, 0.2) is 146 Å². The van der Waals surface area contributed by atoms with Gasteiger partial charge in [0.1, 0.15) is 13.2 Å². The Morgan fingerprint density at radius 3 is 0.747 bits per heavy atom. The summed E-state index contributed by atoms with van der Waals surface area (Å²) in [6.07, 6.45) is 100. The van der Waals surface area contributed by atoms with E-state index in [9.17, 15) is 14.4 Å². The molecule has 1 atom stereocenters. The van der Waals surface area contributed by atoms with E-state index < -0.39 is 6.10 Å². The fourth-order valence-corrected chi connectivity index (χ4v) is 9.23. The highest BCUT2D eigenvalue weighted by Crippen LogP contribution is 2.16. The second kappa shape index (κ2) is 69.8. The van der Waals surface area contributed by atoms with Crippen LogP contribution in [0.4, 0.5) is 0 Å². The summed E-state index contributed by atoms with van der Waals surface area (Å²) in [5.74, 6) is -0.927. The van der Waals surface area contributed by atoms with Crippen molar-refractivity contribution >= 4 is 17.9 Å². The highest BCUT2D eigenvalue weighted by molar-refractivity contribution is 5.71. The van der Waals surface area contributed by atoms with E-state index in [1.54, 1.807) is 0 Å². The summed E-state index contributed by atoms with van der Waals surface area (Å²) in [5.41, 5.74) is 0. The number of ether oxygens (including phenoxy) is 3. The molecule has 0 aliphatic rings. The molecule has 0 heterocycles. The number of hydrogen-bond acceptors (Lipinski definition) is 6. The lowest BCUT2D eigenvalue weighted by molar-refractivity contribution is -0.167. The molecule has 6 nitrogen and oxygen atoms in total. The zero-order valence-electron chi connectivity index (χ0n) is 53.9. The summed E-state index contributed by atoms with van der Waals surface area (Å²) in [6, 6.07) is 0. The van der Waals surface area contributed by atoms with E-state index in [4.69, 9.17) is 14.2 Å². The molecular weight excluding hydrogens is 1020 g/mol.